The normalized spacial score (nSPS) is 9.62. The standard InChI is InChI=1S/C11H12N2O2S/c1-15-11(14)4-7-2-9(16)3-8(5-12)10(7)6-13/h2-3,16H,4-5,12H2,1H3. The second kappa shape index (κ2) is 5.54. The molecule has 0 aromatic heterocycles. The molecular weight excluding hydrogens is 224 g/mol. The molecule has 0 radical (unpaired) electrons. The zero-order chi connectivity index (χ0) is 12.1. The first-order valence-corrected chi connectivity index (χ1v) is 5.08. The Morgan fingerprint density at radius 2 is 2.19 bits per heavy atom. The molecule has 0 fully saturated rings. The molecule has 0 unspecified atom stereocenters. The number of nitrogens with zero attached hydrogens (tertiary/aromatic N) is 1. The Morgan fingerprint density at radius 1 is 1.56 bits per heavy atom. The van der Waals surface area contributed by atoms with Crippen molar-refractivity contribution in [3.05, 3.63) is 28.8 Å². The van der Waals surface area contributed by atoms with Gasteiger partial charge in [0, 0.05) is 11.4 Å². The van der Waals surface area contributed by atoms with E-state index in [0.29, 0.717) is 21.6 Å². The van der Waals surface area contributed by atoms with Gasteiger partial charge in [0.1, 0.15) is 0 Å². The Morgan fingerprint density at radius 3 is 2.69 bits per heavy atom. The Kier molecular flexibility index (Phi) is 4.35. The van der Waals surface area contributed by atoms with Crippen LogP contribution in [0.4, 0.5) is 0 Å². The fourth-order valence-corrected chi connectivity index (χ4v) is 1.73. The minimum Gasteiger partial charge on any atom is -0.469 e. The smallest absolute Gasteiger partial charge is 0.310 e. The number of carbonyl (C=O) groups excluding carboxylic acids is 1. The minimum atomic E-state index is -0.390. The van der Waals surface area contributed by atoms with Crippen molar-refractivity contribution in [3.8, 4) is 6.07 Å². The number of nitrogens with two attached hydrogens (primary N) is 1. The molecule has 0 aliphatic heterocycles. The van der Waals surface area contributed by atoms with E-state index in [4.69, 9.17) is 11.0 Å². The van der Waals surface area contributed by atoms with Gasteiger partial charge in [-0.1, -0.05) is 0 Å². The van der Waals surface area contributed by atoms with Gasteiger partial charge in [0.05, 0.1) is 25.2 Å². The summed E-state index contributed by atoms with van der Waals surface area (Å²) in [5.74, 6) is -0.390. The summed E-state index contributed by atoms with van der Waals surface area (Å²) in [6, 6.07) is 5.45. The summed E-state index contributed by atoms with van der Waals surface area (Å²) in [4.78, 5) is 11.9. The molecule has 4 nitrogen and oxygen atoms in total. The number of methoxy groups -OCH3 is 1. The van der Waals surface area contributed by atoms with Gasteiger partial charge in [-0.05, 0) is 23.3 Å². The van der Waals surface area contributed by atoms with E-state index in [1.165, 1.54) is 7.11 Å². The number of nitriles is 1. The fourth-order valence-electron chi connectivity index (χ4n) is 1.42. The highest BCUT2D eigenvalue weighted by molar-refractivity contribution is 7.80. The fraction of sp³-hybridized carbons (Fsp3) is 0.273. The first-order valence-electron chi connectivity index (χ1n) is 4.64. The minimum absolute atomic E-state index is 0.0563. The summed E-state index contributed by atoms with van der Waals surface area (Å²) in [5.41, 5.74) is 7.25. The van der Waals surface area contributed by atoms with Crippen molar-refractivity contribution in [3.63, 3.8) is 0 Å². The lowest BCUT2D eigenvalue weighted by molar-refractivity contribution is -0.139. The van der Waals surface area contributed by atoms with Crippen molar-refractivity contribution in [2.45, 2.75) is 17.9 Å². The van der Waals surface area contributed by atoms with Gasteiger partial charge < -0.3 is 10.5 Å². The third-order valence-corrected chi connectivity index (χ3v) is 2.44. The van der Waals surface area contributed by atoms with Gasteiger partial charge in [-0.3, -0.25) is 4.79 Å². The van der Waals surface area contributed by atoms with E-state index in [0.717, 1.165) is 0 Å². The first kappa shape index (κ1) is 12.6. The van der Waals surface area contributed by atoms with Crippen LogP contribution < -0.4 is 5.73 Å². The monoisotopic (exact) mass is 236 g/mol. The molecule has 84 valence electrons. The molecular formula is C11H12N2O2S. The lowest BCUT2D eigenvalue weighted by atomic mass is 9.99. The molecule has 1 rings (SSSR count). The largest absolute Gasteiger partial charge is 0.469 e. The van der Waals surface area contributed by atoms with Crippen LogP contribution in [-0.4, -0.2) is 13.1 Å². The maximum atomic E-state index is 11.2. The Labute approximate surface area is 99.4 Å². The van der Waals surface area contributed by atoms with Crippen LogP contribution in [0, 0.1) is 11.3 Å². The van der Waals surface area contributed by atoms with Crippen molar-refractivity contribution in [1.29, 1.82) is 5.26 Å². The van der Waals surface area contributed by atoms with Crippen molar-refractivity contribution >= 4 is 18.6 Å². The SMILES string of the molecule is COC(=O)Cc1cc(S)cc(CN)c1C#N. The molecule has 16 heavy (non-hydrogen) atoms. The molecule has 0 heterocycles. The molecule has 0 bridgehead atoms. The maximum absolute atomic E-state index is 11.2. The number of esters is 1. The molecule has 0 atom stereocenters. The van der Waals surface area contributed by atoms with E-state index < -0.39 is 5.97 Å². The van der Waals surface area contributed by atoms with E-state index in [1.807, 2.05) is 0 Å². The molecule has 0 amide bonds. The molecule has 0 aliphatic carbocycles. The van der Waals surface area contributed by atoms with Gasteiger partial charge >= 0.3 is 5.97 Å². The zero-order valence-electron chi connectivity index (χ0n) is 8.86. The average Bonchev–Trinajstić information content (AvgIpc) is 2.28. The second-order valence-electron chi connectivity index (χ2n) is 3.21. The Hall–Kier alpha value is -1.51. The van der Waals surface area contributed by atoms with Crippen molar-refractivity contribution in [2.24, 2.45) is 5.73 Å². The van der Waals surface area contributed by atoms with E-state index in [-0.39, 0.29) is 13.0 Å². The third kappa shape index (κ3) is 2.75. The van der Waals surface area contributed by atoms with Crippen LogP contribution in [0.25, 0.3) is 0 Å². The van der Waals surface area contributed by atoms with Crippen molar-refractivity contribution < 1.29 is 9.53 Å². The van der Waals surface area contributed by atoms with Gasteiger partial charge in [-0.25, -0.2) is 0 Å². The van der Waals surface area contributed by atoms with Gasteiger partial charge in [-0.2, -0.15) is 5.26 Å². The van der Waals surface area contributed by atoms with Crippen LogP contribution in [0.15, 0.2) is 17.0 Å². The van der Waals surface area contributed by atoms with E-state index in [1.54, 1.807) is 12.1 Å². The number of carbonyl (C=O) groups is 1. The quantitative estimate of drug-likeness (QED) is 0.607. The van der Waals surface area contributed by atoms with Gasteiger partial charge in [0.15, 0.2) is 0 Å². The number of hydrogen-bond acceptors (Lipinski definition) is 5. The van der Waals surface area contributed by atoms with Gasteiger partial charge in [0.2, 0.25) is 0 Å². The number of rotatable bonds is 3. The van der Waals surface area contributed by atoms with Gasteiger partial charge in [-0.15, -0.1) is 12.6 Å². The molecule has 2 N–H and O–H groups in total. The molecule has 1 aromatic carbocycles. The van der Waals surface area contributed by atoms with Gasteiger partial charge in [0.25, 0.3) is 0 Å². The molecule has 0 aliphatic rings. The number of ether oxygens (including phenoxy) is 1. The summed E-state index contributed by atoms with van der Waals surface area (Å²) in [6.07, 6.45) is 0.0563. The number of hydrogen-bond donors (Lipinski definition) is 2. The maximum Gasteiger partial charge on any atom is 0.310 e. The summed E-state index contributed by atoms with van der Waals surface area (Å²) in [7, 11) is 1.31. The van der Waals surface area contributed by atoms with Crippen LogP contribution in [0.5, 0.6) is 0 Å². The molecule has 0 saturated heterocycles. The second-order valence-corrected chi connectivity index (χ2v) is 3.72. The average molecular weight is 236 g/mol. The number of thiol groups is 1. The van der Waals surface area contributed by atoms with Crippen molar-refractivity contribution in [2.75, 3.05) is 7.11 Å². The van der Waals surface area contributed by atoms with E-state index in [9.17, 15) is 4.79 Å². The Balaban J connectivity index is 3.21. The molecule has 0 saturated carbocycles. The summed E-state index contributed by atoms with van der Waals surface area (Å²) < 4.78 is 4.56. The lowest BCUT2D eigenvalue weighted by Gasteiger charge is -2.08. The number of benzene rings is 1. The Bertz CT molecular complexity index is 452. The predicted octanol–water partition coefficient (Wildman–Crippen LogP) is 1.02. The zero-order valence-corrected chi connectivity index (χ0v) is 9.75. The molecule has 1 aromatic rings. The third-order valence-electron chi connectivity index (χ3n) is 2.18. The van der Waals surface area contributed by atoms with Crippen LogP contribution in [0.3, 0.4) is 0 Å². The molecule has 0 spiro atoms. The summed E-state index contributed by atoms with van der Waals surface area (Å²) in [6.45, 7) is 0.242. The lowest BCUT2D eigenvalue weighted by Crippen LogP contribution is -2.09. The highest BCUT2D eigenvalue weighted by Gasteiger charge is 2.12. The van der Waals surface area contributed by atoms with Crippen LogP contribution >= 0.6 is 12.6 Å². The van der Waals surface area contributed by atoms with E-state index in [2.05, 4.69) is 23.4 Å². The summed E-state index contributed by atoms with van der Waals surface area (Å²) >= 11 is 4.20. The van der Waals surface area contributed by atoms with Crippen LogP contribution in [0.2, 0.25) is 0 Å². The topological polar surface area (TPSA) is 76.1 Å². The first-order chi connectivity index (χ1) is 7.62. The highest BCUT2D eigenvalue weighted by Crippen LogP contribution is 2.20. The highest BCUT2D eigenvalue weighted by atomic mass is 32.1. The van der Waals surface area contributed by atoms with Crippen LogP contribution in [0.1, 0.15) is 16.7 Å². The van der Waals surface area contributed by atoms with E-state index >= 15 is 0 Å². The molecule has 5 heteroatoms. The summed E-state index contributed by atoms with van der Waals surface area (Å²) in [5, 5.41) is 9.02. The van der Waals surface area contributed by atoms with Crippen LogP contribution in [-0.2, 0) is 22.5 Å². The van der Waals surface area contributed by atoms with Crippen molar-refractivity contribution in [1.82, 2.24) is 0 Å². The predicted molar refractivity (Wildman–Crippen MR) is 62.0 cm³/mol.